The molecule has 9 heteroatoms. The topological polar surface area (TPSA) is 75.9 Å². The fraction of sp³-hybridized carbons (Fsp3) is 0.290. The van der Waals surface area contributed by atoms with Crippen molar-refractivity contribution < 1.29 is 14.3 Å². The highest BCUT2D eigenvalue weighted by molar-refractivity contribution is 7.21. The minimum absolute atomic E-state index is 0.0323. The zero-order valence-electron chi connectivity index (χ0n) is 22.4. The predicted molar refractivity (Wildman–Crippen MR) is 163 cm³/mol. The van der Waals surface area contributed by atoms with Crippen LogP contribution < -0.4 is 10.5 Å². The number of halogens is 2. The molecule has 0 spiro atoms. The molecule has 1 aliphatic rings. The normalized spacial score (nSPS) is 17.2. The number of nitrogens with zero attached hydrogens (tertiary/aromatic N) is 2. The van der Waals surface area contributed by atoms with E-state index in [1.54, 1.807) is 23.7 Å². The number of rotatable bonds is 8. The Labute approximate surface area is 248 Å². The van der Waals surface area contributed by atoms with Crippen molar-refractivity contribution in [2.75, 3.05) is 14.2 Å². The van der Waals surface area contributed by atoms with Gasteiger partial charge in [-0.1, -0.05) is 48.0 Å². The van der Waals surface area contributed by atoms with Gasteiger partial charge in [-0.15, -0.1) is 11.3 Å². The Hall–Kier alpha value is -3.10. The summed E-state index contributed by atoms with van der Waals surface area (Å²) in [7, 11) is 3.52. The zero-order valence-corrected chi connectivity index (χ0v) is 24.7. The van der Waals surface area contributed by atoms with Crippen molar-refractivity contribution in [2.24, 2.45) is 5.73 Å². The summed E-state index contributed by atoms with van der Waals surface area (Å²) in [5, 5.41) is 1.39. The highest BCUT2D eigenvalue weighted by Crippen LogP contribution is 2.38. The fourth-order valence-corrected chi connectivity index (χ4v) is 7.13. The maximum absolute atomic E-state index is 14.2. The Morgan fingerprint density at radius 1 is 0.975 bits per heavy atom. The number of ether oxygens (including phenoxy) is 1. The summed E-state index contributed by atoms with van der Waals surface area (Å²) in [5.41, 5.74) is 8.64. The van der Waals surface area contributed by atoms with E-state index in [0.717, 1.165) is 52.5 Å². The van der Waals surface area contributed by atoms with Crippen LogP contribution in [0.4, 0.5) is 0 Å². The first-order valence-electron chi connectivity index (χ1n) is 13.2. The third kappa shape index (κ3) is 5.84. The predicted octanol–water partition coefficient (Wildman–Crippen LogP) is 7.37. The molecule has 0 bridgehead atoms. The van der Waals surface area contributed by atoms with E-state index < -0.39 is 5.91 Å². The number of benzene rings is 3. The third-order valence-electron chi connectivity index (χ3n) is 7.72. The van der Waals surface area contributed by atoms with Crippen molar-refractivity contribution in [1.82, 2.24) is 9.32 Å². The lowest BCUT2D eigenvalue weighted by molar-refractivity contribution is 0.0589. The average molecular weight is 597 g/mol. The van der Waals surface area contributed by atoms with Gasteiger partial charge in [-0.2, -0.15) is 0 Å². The smallest absolute Gasteiger partial charge is 0.266 e. The second-order valence-electron chi connectivity index (χ2n) is 10.1. The van der Waals surface area contributed by atoms with Gasteiger partial charge in [0.05, 0.1) is 12.1 Å². The number of nitrogens with two attached hydrogens (primary N) is 1. The molecule has 2 N–H and O–H groups in total. The number of carbonyl (C=O) groups is 2. The Morgan fingerprint density at radius 2 is 1.62 bits per heavy atom. The Bertz CT molecular complexity index is 1530. The van der Waals surface area contributed by atoms with Crippen LogP contribution in [0.5, 0.6) is 5.75 Å². The van der Waals surface area contributed by atoms with E-state index in [1.807, 2.05) is 66.5 Å². The molecule has 6 nitrogen and oxygen atoms in total. The summed E-state index contributed by atoms with van der Waals surface area (Å²) in [4.78, 5) is 28.3. The van der Waals surface area contributed by atoms with Gasteiger partial charge < -0.3 is 15.4 Å². The highest BCUT2D eigenvalue weighted by Gasteiger charge is 2.33. The number of carbonyl (C=O) groups excluding carboxylic acids is 2. The zero-order chi connectivity index (χ0) is 28.4. The number of fused-ring (bicyclic) bond motifs is 1. The molecular weight excluding hydrogens is 565 g/mol. The summed E-state index contributed by atoms with van der Waals surface area (Å²) in [6, 6.07) is 21.3. The lowest BCUT2D eigenvalue weighted by Gasteiger charge is -2.38. The third-order valence-corrected chi connectivity index (χ3v) is 9.66. The molecule has 208 valence electrons. The molecule has 5 rings (SSSR count). The van der Waals surface area contributed by atoms with Crippen LogP contribution in [-0.4, -0.2) is 47.4 Å². The molecular formula is C31H31Cl2N3O3S. The molecule has 1 aromatic heterocycles. The van der Waals surface area contributed by atoms with Crippen LogP contribution in [0, 0.1) is 0 Å². The second-order valence-corrected chi connectivity index (χ2v) is 12.1. The number of hydrogen-bond donors (Lipinski definition) is 1. The molecule has 0 atom stereocenters. The molecule has 1 aliphatic carbocycles. The molecule has 0 unspecified atom stereocenters. The van der Waals surface area contributed by atoms with Crippen molar-refractivity contribution >= 4 is 56.6 Å². The van der Waals surface area contributed by atoms with Gasteiger partial charge >= 0.3 is 0 Å². The van der Waals surface area contributed by atoms with E-state index >= 15 is 0 Å². The van der Waals surface area contributed by atoms with Gasteiger partial charge in [-0.05, 0) is 78.9 Å². The van der Waals surface area contributed by atoms with E-state index in [2.05, 4.69) is 0 Å². The molecule has 2 amide bonds. The average Bonchev–Trinajstić information content (AvgIpc) is 3.31. The Balaban J connectivity index is 1.51. The first-order chi connectivity index (χ1) is 19.3. The van der Waals surface area contributed by atoms with E-state index in [-0.39, 0.29) is 18.0 Å². The maximum atomic E-state index is 14.2. The number of amides is 2. The quantitative estimate of drug-likeness (QED) is 0.216. The molecule has 1 heterocycles. The first kappa shape index (κ1) is 28.4. The van der Waals surface area contributed by atoms with E-state index in [4.69, 9.17) is 33.8 Å². The summed E-state index contributed by atoms with van der Waals surface area (Å²) < 4.78 is 8.47. The van der Waals surface area contributed by atoms with Gasteiger partial charge in [0.25, 0.3) is 5.91 Å². The lowest BCUT2D eigenvalue weighted by Crippen LogP contribution is -2.44. The van der Waals surface area contributed by atoms with Crippen LogP contribution in [0.1, 0.15) is 51.3 Å². The van der Waals surface area contributed by atoms with Crippen LogP contribution in [-0.2, 0) is 6.54 Å². The van der Waals surface area contributed by atoms with E-state index in [1.165, 1.54) is 11.3 Å². The molecule has 4 aromatic rings. The van der Waals surface area contributed by atoms with Crippen LogP contribution in [0.25, 0.3) is 21.2 Å². The number of primary amides is 1. The first-order valence-corrected chi connectivity index (χ1v) is 14.7. The molecule has 0 saturated heterocycles. The Kier molecular flexibility index (Phi) is 8.66. The summed E-state index contributed by atoms with van der Waals surface area (Å²) in [6.45, 7) is 0.367. The second kappa shape index (κ2) is 12.2. The van der Waals surface area contributed by atoms with Gasteiger partial charge in [0.2, 0.25) is 5.91 Å². The minimum Gasteiger partial charge on any atom is -0.496 e. The lowest BCUT2D eigenvalue weighted by atomic mass is 9.89. The van der Waals surface area contributed by atoms with Gasteiger partial charge in [0, 0.05) is 46.9 Å². The van der Waals surface area contributed by atoms with Crippen molar-refractivity contribution in [3.63, 3.8) is 0 Å². The highest BCUT2D eigenvalue weighted by atomic mass is 35.5. The molecule has 1 saturated carbocycles. The fourth-order valence-electron chi connectivity index (χ4n) is 5.47. The number of hydrogen-bond acceptors (Lipinski definition) is 5. The largest absolute Gasteiger partial charge is 0.496 e. The standard InChI is InChI=1S/C31H31Cl2N3O3S/c1-35(33)23-12-14-24(15-13-23)36(31(38)29-28(32)25-5-3-4-6-27(25)40-29)18-22-17-21(11-16-26(22)39-2)19-7-9-20(10-8-19)30(34)37/h3-11,16-17,23-24H,12-15,18H2,1-2H3,(H2,34,37)/t23-,24-. The van der Waals surface area contributed by atoms with Crippen molar-refractivity contribution in [1.29, 1.82) is 0 Å². The minimum atomic E-state index is -0.467. The molecule has 0 aliphatic heterocycles. The van der Waals surface area contributed by atoms with Crippen LogP contribution >= 0.6 is 34.7 Å². The summed E-state index contributed by atoms with van der Waals surface area (Å²) in [5.74, 6) is 0.158. The van der Waals surface area contributed by atoms with Crippen molar-refractivity contribution in [3.8, 4) is 16.9 Å². The SMILES string of the molecule is COc1ccc(-c2ccc(C(N)=O)cc2)cc1CN(C(=O)c1sc2ccccc2c1Cl)[C@H]1CC[C@H](N(C)Cl)CC1. The Morgan fingerprint density at radius 3 is 2.25 bits per heavy atom. The summed E-state index contributed by atoms with van der Waals surface area (Å²) >= 11 is 14.5. The molecule has 40 heavy (non-hydrogen) atoms. The van der Waals surface area contributed by atoms with Gasteiger partial charge in [0.1, 0.15) is 10.6 Å². The van der Waals surface area contributed by atoms with Crippen molar-refractivity contribution in [2.45, 2.75) is 44.3 Å². The van der Waals surface area contributed by atoms with Gasteiger partial charge in [0.15, 0.2) is 0 Å². The van der Waals surface area contributed by atoms with Crippen LogP contribution in [0.2, 0.25) is 5.02 Å². The van der Waals surface area contributed by atoms with Crippen molar-refractivity contribution in [3.05, 3.63) is 87.8 Å². The summed E-state index contributed by atoms with van der Waals surface area (Å²) in [6.07, 6.45) is 3.48. The van der Waals surface area contributed by atoms with E-state index in [9.17, 15) is 9.59 Å². The van der Waals surface area contributed by atoms with Gasteiger partial charge in [-0.25, -0.2) is 4.42 Å². The number of thiophene rings is 1. The van der Waals surface area contributed by atoms with Gasteiger partial charge in [-0.3, -0.25) is 9.59 Å². The number of methoxy groups -OCH3 is 1. The monoisotopic (exact) mass is 595 g/mol. The molecule has 1 fully saturated rings. The molecule has 3 aromatic carbocycles. The maximum Gasteiger partial charge on any atom is 0.266 e. The van der Waals surface area contributed by atoms with Crippen LogP contribution in [0.3, 0.4) is 0 Å². The van der Waals surface area contributed by atoms with Crippen LogP contribution in [0.15, 0.2) is 66.7 Å². The molecule has 0 radical (unpaired) electrons. The van der Waals surface area contributed by atoms with E-state index in [0.29, 0.717) is 27.8 Å².